The third-order valence-electron chi connectivity index (χ3n) is 7.66. The third kappa shape index (κ3) is 3.99. The van der Waals surface area contributed by atoms with Crippen molar-refractivity contribution >= 4 is 45.6 Å². The lowest BCUT2D eigenvalue weighted by Crippen LogP contribution is -2.24. The first kappa shape index (κ1) is 25.5. The molecule has 0 fully saturated rings. The van der Waals surface area contributed by atoms with Crippen molar-refractivity contribution in [1.82, 2.24) is 15.0 Å². The Morgan fingerprint density at radius 1 is 0.619 bits per heavy atom. The first-order valence-electron chi connectivity index (χ1n) is 13.8. The summed E-state index contributed by atoms with van der Waals surface area (Å²) in [4.78, 5) is 31.6. The van der Waals surface area contributed by atoms with Crippen LogP contribution >= 0.6 is 0 Å². The predicted octanol–water partition coefficient (Wildman–Crippen LogP) is 8.04. The van der Waals surface area contributed by atoms with Crippen LogP contribution in [0.5, 0.6) is 0 Å². The van der Waals surface area contributed by atoms with Crippen LogP contribution in [0.2, 0.25) is 0 Å². The van der Waals surface area contributed by atoms with Crippen LogP contribution in [-0.2, 0) is 0 Å². The Kier molecular flexibility index (Phi) is 5.97. The van der Waals surface area contributed by atoms with Crippen molar-refractivity contribution < 1.29 is 4.79 Å². The largest absolute Gasteiger partial charge is 0.297 e. The van der Waals surface area contributed by atoms with Crippen molar-refractivity contribution in [3.8, 4) is 0 Å². The van der Waals surface area contributed by atoms with Gasteiger partial charge in [0.2, 0.25) is 0 Å². The number of allylic oxidation sites excluding steroid dienone is 2. The molecule has 0 N–H and O–H groups in total. The van der Waals surface area contributed by atoms with Crippen molar-refractivity contribution in [3.63, 3.8) is 0 Å². The van der Waals surface area contributed by atoms with E-state index in [2.05, 4.69) is 89.1 Å². The van der Waals surface area contributed by atoms with E-state index in [9.17, 15) is 4.79 Å². The number of pyridine rings is 1. The summed E-state index contributed by atoms with van der Waals surface area (Å²) in [6.07, 6.45) is 5.52. The van der Waals surface area contributed by atoms with E-state index >= 15 is 0 Å². The van der Waals surface area contributed by atoms with Gasteiger partial charge in [0.25, 0.3) is 5.91 Å². The van der Waals surface area contributed by atoms with Crippen LogP contribution in [0, 0.1) is 27.7 Å². The number of benzene rings is 3. The van der Waals surface area contributed by atoms with Gasteiger partial charge in [0, 0.05) is 6.20 Å². The quantitative estimate of drug-likeness (QED) is 0.226. The van der Waals surface area contributed by atoms with Crippen LogP contribution in [0.1, 0.15) is 38.3 Å². The summed E-state index contributed by atoms with van der Waals surface area (Å²) in [6.45, 7) is 8.43. The average molecular weight is 550 g/mol. The van der Waals surface area contributed by atoms with E-state index in [1.807, 2.05) is 36.4 Å². The van der Waals surface area contributed by atoms with Gasteiger partial charge in [-0.1, -0.05) is 48.5 Å². The summed E-state index contributed by atoms with van der Waals surface area (Å²) in [6, 6.07) is 23.9. The molecule has 3 aromatic carbocycles. The number of aryl methyl sites for hydroxylation is 4. The lowest BCUT2D eigenvalue weighted by Gasteiger charge is -2.28. The lowest BCUT2D eigenvalue weighted by molar-refractivity contribution is 0.0992. The van der Waals surface area contributed by atoms with Gasteiger partial charge in [-0.05, 0) is 86.4 Å². The molecule has 8 nitrogen and oxygen atoms in total. The monoisotopic (exact) mass is 549 g/mol. The SMILES string of the molecule is Cc1cccc(C)c1N1C(=C/C=C2/N=NC(=O)c3cccnc32)N(c2c(C)cccc2C)c2nc3ccccc3nc21. The van der Waals surface area contributed by atoms with E-state index in [0.717, 1.165) is 62.1 Å². The Hall–Kier alpha value is -5.50. The highest BCUT2D eigenvalue weighted by Gasteiger charge is 2.39. The molecule has 0 aliphatic carbocycles. The first-order chi connectivity index (χ1) is 20.4. The molecule has 204 valence electrons. The fraction of sp³-hybridized carbons (Fsp3) is 0.118. The van der Waals surface area contributed by atoms with Crippen LogP contribution in [0.4, 0.5) is 23.0 Å². The Morgan fingerprint density at radius 2 is 1.17 bits per heavy atom. The van der Waals surface area contributed by atoms with Crippen LogP contribution in [0.15, 0.2) is 107 Å². The molecule has 4 heterocycles. The number of anilines is 4. The van der Waals surface area contributed by atoms with Crippen LogP contribution < -0.4 is 9.80 Å². The van der Waals surface area contributed by atoms with Crippen molar-refractivity contribution in [3.05, 3.63) is 130 Å². The fourth-order valence-electron chi connectivity index (χ4n) is 5.75. The molecular formula is C34H27N7O. The summed E-state index contributed by atoms with van der Waals surface area (Å²) in [5.74, 6) is 1.90. The summed E-state index contributed by atoms with van der Waals surface area (Å²) in [7, 11) is 0. The number of aromatic nitrogens is 3. The number of amides is 1. The van der Waals surface area contributed by atoms with E-state index in [0.29, 0.717) is 17.0 Å². The van der Waals surface area contributed by atoms with E-state index < -0.39 is 5.91 Å². The molecule has 8 heteroatoms. The van der Waals surface area contributed by atoms with Gasteiger partial charge in [-0.25, -0.2) is 9.97 Å². The van der Waals surface area contributed by atoms with Crippen molar-refractivity contribution in [1.29, 1.82) is 0 Å². The molecule has 2 aliphatic rings. The molecular weight excluding hydrogens is 522 g/mol. The summed E-state index contributed by atoms with van der Waals surface area (Å²) in [5.41, 5.74) is 9.53. The number of hydrogen-bond acceptors (Lipinski definition) is 7. The van der Waals surface area contributed by atoms with Crippen LogP contribution in [0.25, 0.3) is 16.7 Å². The van der Waals surface area contributed by atoms with Crippen molar-refractivity contribution in [2.75, 3.05) is 9.80 Å². The molecule has 2 aromatic heterocycles. The maximum absolute atomic E-state index is 12.4. The highest BCUT2D eigenvalue weighted by Crippen LogP contribution is 2.51. The van der Waals surface area contributed by atoms with Gasteiger partial charge in [0.05, 0.1) is 28.0 Å². The Labute approximate surface area is 243 Å². The number of carbonyl (C=O) groups excluding carboxylic acids is 1. The molecule has 0 radical (unpaired) electrons. The fourth-order valence-corrected chi connectivity index (χ4v) is 5.75. The van der Waals surface area contributed by atoms with Gasteiger partial charge in [-0.15, -0.1) is 10.2 Å². The maximum Gasteiger partial charge on any atom is 0.297 e. The topological polar surface area (TPSA) is 86.9 Å². The molecule has 1 amide bonds. The number of hydrogen-bond donors (Lipinski definition) is 0. The van der Waals surface area contributed by atoms with E-state index in [4.69, 9.17) is 9.97 Å². The zero-order valence-electron chi connectivity index (χ0n) is 23.7. The Morgan fingerprint density at radius 3 is 1.71 bits per heavy atom. The molecule has 2 aliphatic heterocycles. The second-order valence-corrected chi connectivity index (χ2v) is 10.5. The first-order valence-corrected chi connectivity index (χ1v) is 13.8. The minimum Gasteiger partial charge on any atom is -0.276 e. The van der Waals surface area contributed by atoms with E-state index in [1.54, 1.807) is 18.3 Å². The van der Waals surface area contributed by atoms with Gasteiger partial charge in [-0.2, -0.15) is 0 Å². The highest BCUT2D eigenvalue weighted by atomic mass is 16.1. The van der Waals surface area contributed by atoms with Gasteiger partial charge in [0.15, 0.2) is 11.6 Å². The number of nitrogens with zero attached hydrogens (tertiary/aromatic N) is 7. The number of fused-ring (bicyclic) bond motifs is 3. The van der Waals surface area contributed by atoms with Gasteiger partial charge >= 0.3 is 0 Å². The third-order valence-corrected chi connectivity index (χ3v) is 7.66. The normalized spacial score (nSPS) is 15.0. The number of azo groups is 1. The zero-order chi connectivity index (χ0) is 29.0. The lowest BCUT2D eigenvalue weighted by atomic mass is 10.1. The van der Waals surface area contributed by atoms with Crippen LogP contribution in [-0.4, -0.2) is 20.9 Å². The highest BCUT2D eigenvalue weighted by molar-refractivity contribution is 6.01. The average Bonchev–Trinajstić information content (AvgIpc) is 3.28. The van der Waals surface area contributed by atoms with Gasteiger partial charge in [-0.3, -0.25) is 19.6 Å². The Balaban J connectivity index is 1.55. The number of rotatable bonds is 3. The zero-order valence-corrected chi connectivity index (χ0v) is 23.7. The molecule has 42 heavy (non-hydrogen) atoms. The van der Waals surface area contributed by atoms with E-state index in [1.165, 1.54) is 0 Å². The Bertz CT molecular complexity index is 1880. The second kappa shape index (κ2) is 9.85. The molecule has 0 unspecified atom stereocenters. The molecule has 7 rings (SSSR count). The summed E-state index contributed by atoms with van der Waals surface area (Å²) >= 11 is 0. The van der Waals surface area contributed by atoms with Crippen molar-refractivity contribution in [2.45, 2.75) is 27.7 Å². The molecule has 0 saturated carbocycles. The second-order valence-electron chi connectivity index (χ2n) is 10.5. The summed E-state index contributed by atoms with van der Waals surface area (Å²) < 4.78 is 0. The molecule has 0 saturated heterocycles. The van der Waals surface area contributed by atoms with Crippen LogP contribution in [0.3, 0.4) is 0 Å². The minimum atomic E-state index is -0.398. The van der Waals surface area contributed by atoms with Gasteiger partial charge < -0.3 is 0 Å². The minimum absolute atomic E-state index is 0.398. The van der Waals surface area contributed by atoms with E-state index in [-0.39, 0.29) is 0 Å². The molecule has 0 atom stereocenters. The maximum atomic E-state index is 12.4. The van der Waals surface area contributed by atoms with Crippen molar-refractivity contribution in [2.24, 2.45) is 10.2 Å². The molecule has 0 bridgehead atoms. The molecule has 0 spiro atoms. The summed E-state index contributed by atoms with van der Waals surface area (Å²) in [5, 5.41) is 8.12. The number of para-hydroxylation sites is 4. The molecule has 5 aromatic rings. The standard InChI is InChI=1S/C34H27N7O/c1-20-10-7-11-21(2)30(20)40-28(18-17-27-29-24(14-9-19-35-29)34(42)39-38-27)41(31-22(3)12-8-13-23(31)4)33-32(40)36-25-15-5-6-16-26(25)37-33/h5-19H,1-4H3/b27-17+. The number of carbonyl (C=O) groups is 1. The predicted molar refractivity (Wildman–Crippen MR) is 165 cm³/mol. The smallest absolute Gasteiger partial charge is 0.276 e. The van der Waals surface area contributed by atoms with Gasteiger partial charge in [0.1, 0.15) is 17.2 Å².